The first-order valence-corrected chi connectivity index (χ1v) is 9.74. The Balaban J connectivity index is 1.67. The van der Waals surface area contributed by atoms with Gasteiger partial charge in [0.1, 0.15) is 22.8 Å². The topological polar surface area (TPSA) is 105 Å². The maximum Gasteiger partial charge on any atom is 0.359 e. The van der Waals surface area contributed by atoms with E-state index >= 15 is 0 Å². The van der Waals surface area contributed by atoms with E-state index in [-0.39, 0.29) is 11.3 Å². The van der Waals surface area contributed by atoms with Crippen molar-refractivity contribution < 1.29 is 28.2 Å². The number of nitrogens with one attached hydrogen (secondary N) is 1. The number of amides is 1. The van der Waals surface area contributed by atoms with Crippen molar-refractivity contribution in [3.63, 3.8) is 0 Å². The van der Waals surface area contributed by atoms with Gasteiger partial charge in [-0.25, -0.2) is 14.2 Å². The minimum Gasteiger partial charge on any atom is -0.487 e. The van der Waals surface area contributed by atoms with Crippen molar-refractivity contribution in [1.29, 1.82) is 0 Å². The van der Waals surface area contributed by atoms with Gasteiger partial charge in [0.2, 0.25) is 0 Å². The Morgan fingerprint density at radius 3 is 2.72 bits per heavy atom. The van der Waals surface area contributed by atoms with Crippen molar-refractivity contribution in [1.82, 2.24) is 14.8 Å². The van der Waals surface area contributed by atoms with E-state index in [0.29, 0.717) is 23.7 Å². The number of nitrogens with zero attached hydrogens (tertiary/aromatic N) is 3. The summed E-state index contributed by atoms with van der Waals surface area (Å²) >= 11 is 0. The molecule has 0 fully saturated rings. The third-order valence-electron chi connectivity index (χ3n) is 4.80. The van der Waals surface area contributed by atoms with Crippen molar-refractivity contribution in [2.24, 2.45) is 7.05 Å². The van der Waals surface area contributed by atoms with Crippen LogP contribution in [0.2, 0.25) is 0 Å². The van der Waals surface area contributed by atoms with Crippen molar-refractivity contribution in [2.45, 2.75) is 25.9 Å². The van der Waals surface area contributed by atoms with Crippen LogP contribution in [0.1, 0.15) is 40.3 Å². The molecule has 0 unspecified atom stereocenters. The molecule has 0 saturated heterocycles. The minimum absolute atomic E-state index is 0.0596. The summed E-state index contributed by atoms with van der Waals surface area (Å²) in [7, 11) is 2.88. The van der Waals surface area contributed by atoms with E-state index in [1.165, 1.54) is 6.20 Å². The van der Waals surface area contributed by atoms with E-state index in [4.69, 9.17) is 9.47 Å². The summed E-state index contributed by atoms with van der Waals surface area (Å²) in [4.78, 5) is 28.2. The Bertz CT molecular complexity index is 1220. The van der Waals surface area contributed by atoms with Crippen LogP contribution in [0.4, 0.5) is 10.2 Å². The number of anilines is 1. The lowest BCUT2D eigenvalue weighted by Gasteiger charge is -2.16. The molecular formula is C22H21FN4O5. The molecule has 0 radical (unpaired) electrons. The van der Waals surface area contributed by atoms with Gasteiger partial charge < -0.3 is 19.5 Å². The molecule has 3 heterocycles. The number of carbonyl (C=O) groups is 2. The zero-order valence-electron chi connectivity index (χ0n) is 17.9. The van der Waals surface area contributed by atoms with Crippen LogP contribution in [0.3, 0.4) is 0 Å². The summed E-state index contributed by atoms with van der Waals surface area (Å²) in [5, 5.41) is 6.85. The molecule has 0 spiro atoms. The first-order valence-electron chi connectivity index (χ1n) is 9.74. The first-order chi connectivity index (χ1) is 15.1. The summed E-state index contributed by atoms with van der Waals surface area (Å²) in [6.07, 6.45) is 3.44. The fourth-order valence-electron chi connectivity index (χ4n) is 3.39. The molecule has 1 aliphatic heterocycles. The molecule has 1 aliphatic rings. The molecule has 1 amide bonds. The highest BCUT2D eigenvalue weighted by atomic mass is 19.1. The maximum atomic E-state index is 14.3. The lowest BCUT2D eigenvalue weighted by atomic mass is 9.99. The smallest absolute Gasteiger partial charge is 0.359 e. The second-order valence-electron chi connectivity index (χ2n) is 7.91. The van der Waals surface area contributed by atoms with Gasteiger partial charge in [0.15, 0.2) is 17.3 Å². The molecule has 9 nitrogen and oxygen atoms in total. The van der Waals surface area contributed by atoms with Crippen molar-refractivity contribution in [3.05, 3.63) is 59.3 Å². The van der Waals surface area contributed by atoms with E-state index in [1.807, 2.05) is 13.8 Å². The summed E-state index contributed by atoms with van der Waals surface area (Å²) in [5.74, 6) is -0.903. The average molecular weight is 440 g/mol. The van der Waals surface area contributed by atoms with Gasteiger partial charge in [-0.2, -0.15) is 5.10 Å². The highest BCUT2D eigenvalue weighted by molar-refractivity contribution is 6.04. The molecule has 4 rings (SSSR count). The van der Waals surface area contributed by atoms with Crippen LogP contribution >= 0.6 is 0 Å². The molecule has 32 heavy (non-hydrogen) atoms. The van der Waals surface area contributed by atoms with Crippen molar-refractivity contribution >= 4 is 17.7 Å². The van der Waals surface area contributed by atoms with Crippen LogP contribution in [0.15, 0.2) is 36.7 Å². The fourth-order valence-corrected chi connectivity index (χ4v) is 3.39. The number of hydrogen-bond acceptors (Lipinski definition) is 7. The summed E-state index contributed by atoms with van der Waals surface area (Å²) in [6.45, 7) is 3.83. The standard InChI is InChI=1S/C22H21FN4O5/c1-22(2)10-14-16(31-13-9-15(23)19(24-11-13)21(29)30-4)7-12(8-17(14)32-22)20(28)25-18-5-6-27(3)26-18/h5-9,11H,10H2,1-4H3,(H,25,26,28). The molecule has 1 N–H and O–H groups in total. The number of halogens is 1. The van der Waals surface area contributed by atoms with E-state index in [0.717, 1.165) is 18.7 Å². The van der Waals surface area contributed by atoms with Crippen LogP contribution in [0, 0.1) is 5.82 Å². The molecule has 2 aromatic heterocycles. The number of carbonyl (C=O) groups excluding carboxylic acids is 2. The van der Waals surface area contributed by atoms with Crippen LogP contribution < -0.4 is 14.8 Å². The maximum absolute atomic E-state index is 14.3. The first kappa shape index (κ1) is 21.3. The van der Waals surface area contributed by atoms with Crippen molar-refractivity contribution in [2.75, 3.05) is 12.4 Å². The third-order valence-corrected chi connectivity index (χ3v) is 4.80. The van der Waals surface area contributed by atoms with Gasteiger partial charge in [0.25, 0.3) is 5.91 Å². The normalized spacial score (nSPS) is 13.8. The van der Waals surface area contributed by atoms with Crippen LogP contribution in [0.25, 0.3) is 0 Å². The highest BCUT2D eigenvalue weighted by Crippen LogP contribution is 2.43. The number of pyridine rings is 1. The van der Waals surface area contributed by atoms with Crippen molar-refractivity contribution in [3.8, 4) is 17.2 Å². The predicted molar refractivity (Wildman–Crippen MR) is 112 cm³/mol. The minimum atomic E-state index is -0.890. The molecule has 0 bridgehead atoms. The quantitative estimate of drug-likeness (QED) is 0.606. The average Bonchev–Trinajstić information content (AvgIpc) is 3.28. The Kier molecular flexibility index (Phi) is 5.29. The number of methoxy groups -OCH3 is 1. The third kappa shape index (κ3) is 4.25. The number of ether oxygens (including phenoxy) is 3. The SMILES string of the molecule is COC(=O)c1ncc(Oc2cc(C(=O)Nc3ccn(C)n3)cc3c2CC(C)(C)O3)cc1F. The second kappa shape index (κ2) is 7.95. The number of rotatable bonds is 5. The zero-order valence-corrected chi connectivity index (χ0v) is 17.9. The molecule has 3 aromatic rings. The Morgan fingerprint density at radius 2 is 2.06 bits per heavy atom. The van der Waals surface area contributed by atoms with Crippen LogP contribution in [-0.4, -0.2) is 39.4 Å². The lowest BCUT2D eigenvalue weighted by molar-refractivity contribution is 0.0588. The lowest BCUT2D eigenvalue weighted by Crippen LogP contribution is -2.24. The molecule has 0 atom stereocenters. The number of fused-ring (bicyclic) bond motifs is 1. The van der Waals surface area contributed by atoms with Gasteiger partial charge in [-0.3, -0.25) is 9.48 Å². The van der Waals surface area contributed by atoms with Crippen LogP contribution in [0.5, 0.6) is 17.2 Å². The van der Waals surface area contributed by atoms with Gasteiger partial charge in [0, 0.05) is 42.9 Å². The zero-order chi connectivity index (χ0) is 23.0. The van der Waals surface area contributed by atoms with E-state index < -0.39 is 29.0 Å². The Labute approximate surface area is 183 Å². The molecule has 1 aromatic carbocycles. The van der Waals surface area contributed by atoms with Gasteiger partial charge in [-0.15, -0.1) is 0 Å². The van der Waals surface area contributed by atoms with E-state index in [9.17, 15) is 14.0 Å². The second-order valence-corrected chi connectivity index (χ2v) is 7.91. The van der Waals surface area contributed by atoms with E-state index in [2.05, 4.69) is 20.1 Å². The molecule has 166 valence electrons. The van der Waals surface area contributed by atoms with Gasteiger partial charge in [-0.1, -0.05) is 0 Å². The molecular weight excluding hydrogens is 419 g/mol. The van der Waals surface area contributed by atoms with Gasteiger partial charge >= 0.3 is 5.97 Å². The Morgan fingerprint density at radius 1 is 1.28 bits per heavy atom. The molecule has 0 aliphatic carbocycles. The van der Waals surface area contributed by atoms with Gasteiger partial charge in [0.05, 0.1) is 13.3 Å². The number of benzene rings is 1. The monoisotopic (exact) mass is 440 g/mol. The van der Waals surface area contributed by atoms with Crippen LogP contribution in [-0.2, 0) is 18.2 Å². The molecule has 0 saturated carbocycles. The largest absolute Gasteiger partial charge is 0.487 e. The number of aromatic nitrogens is 3. The predicted octanol–water partition coefficient (Wildman–Crippen LogP) is 3.50. The number of esters is 1. The number of aryl methyl sites for hydroxylation is 1. The Hall–Kier alpha value is -3.95. The summed E-state index contributed by atoms with van der Waals surface area (Å²) < 4.78 is 32.2. The molecule has 10 heteroatoms. The highest BCUT2D eigenvalue weighted by Gasteiger charge is 2.34. The number of hydrogen-bond donors (Lipinski definition) is 1. The summed E-state index contributed by atoms with van der Waals surface area (Å²) in [6, 6.07) is 5.88. The van der Waals surface area contributed by atoms with Gasteiger partial charge in [-0.05, 0) is 26.0 Å². The summed E-state index contributed by atoms with van der Waals surface area (Å²) in [5.41, 5.74) is 0.0657. The van der Waals surface area contributed by atoms with E-state index in [1.54, 1.807) is 36.1 Å². The fraction of sp³-hybridized carbons (Fsp3) is 0.273.